The molecule has 1 N–H and O–H groups in total. The number of benzene rings is 1. The van der Waals surface area contributed by atoms with Crippen LogP contribution in [0.1, 0.15) is 35.1 Å². The van der Waals surface area contributed by atoms with Crippen LogP contribution in [0.25, 0.3) is 5.65 Å². The first-order valence-electron chi connectivity index (χ1n) is 11.2. The number of aryl methyl sites for hydroxylation is 2. The molecule has 1 aliphatic heterocycles. The maximum atomic E-state index is 13.7. The molecule has 1 aromatic carbocycles. The number of aromatic nitrogens is 3. The number of amides is 1. The molecule has 3 aromatic rings. The average molecular weight is 491 g/mol. The summed E-state index contributed by atoms with van der Waals surface area (Å²) in [5, 5.41) is 14.6. The number of aliphatic hydroxyl groups is 1. The molecule has 0 saturated carbocycles. The fourth-order valence-corrected chi connectivity index (χ4v) is 4.38. The summed E-state index contributed by atoms with van der Waals surface area (Å²) in [5.74, 6) is 0.647. The van der Waals surface area contributed by atoms with E-state index in [1.54, 1.807) is 12.3 Å². The van der Waals surface area contributed by atoms with Crippen molar-refractivity contribution in [2.45, 2.75) is 37.8 Å². The normalized spacial score (nSPS) is 20.6. The van der Waals surface area contributed by atoms with Crippen molar-refractivity contribution in [2.75, 3.05) is 33.5 Å². The molecule has 8 nitrogen and oxygen atoms in total. The van der Waals surface area contributed by atoms with Crippen molar-refractivity contribution < 1.29 is 23.8 Å². The monoisotopic (exact) mass is 490 g/mol. The number of halogens is 2. The Morgan fingerprint density at radius 3 is 2.91 bits per heavy atom. The van der Waals surface area contributed by atoms with Crippen LogP contribution < -0.4 is 4.74 Å². The van der Waals surface area contributed by atoms with Gasteiger partial charge in [-0.2, -0.15) is 5.10 Å². The number of hydrogen-bond acceptors (Lipinski definition) is 6. The predicted molar refractivity (Wildman–Crippen MR) is 125 cm³/mol. The molecule has 1 saturated heterocycles. The minimum absolute atomic E-state index is 0.0646. The number of morpholine rings is 1. The van der Waals surface area contributed by atoms with Gasteiger partial charge >= 0.3 is 0 Å². The number of rotatable bonds is 8. The number of pyridine rings is 1. The molecule has 0 aliphatic carbocycles. The molecule has 10 heteroatoms. The lowest BCUT2D eigenvalue weighted by Gasteiger charge is -2.44. The van der Waals surface area contributed by atoms with Gasteiger partial charge in [0.15, 0.2) is 17.2 Å². The molecule has 2 unspecified atom stereocenters. The minimum Gasteiger partial charge on any atom is -0.493 e. The average Bonchev–Trinajstić information content (AvgIpc) is 3.25. The van der Waals surface area contributed by atoms with E-state index in [4.69, 9.17) is 21.1 Å². The highest BCUT2D eigenvalue weighted by Crippen LogP contribution is 2.28. The van der Waals surface area contributed by atoms with Crippen molar-refractivity contribution in [3.63, 3.8) is 0 Å². The molecule has 34 heavy (non-hydrogen) atoms. The number of fused-ring (bicyclic) bond motifs is 1. The largest absolute Gasteiger partial charge is 0.493 e. The van der Waals surface area contributed by atoms with Crippen LogP contribution in [0, 0.1) is 0 Å². The zero-order chi connectivity index (χ0) is 24.3. The number of alkyl halides is 1. The molecule has 2 atom stereocenters. The Morgan fingerprint density at radius 1 is 1.38 bits per heavy atom. The van der Waals surface area contributed by atoms with Crippen LogP contribution in [-0.2, 0) is 17.6 Å². The Bertz CT molecular complexity index is 1170. The van der Waals surface area contributed by atoms with Crippen LogP contribution in [0.3, 0.4) is 0 Å². The van der Waals surface area contributed by atoms with Crippen LogP contribution in [0.2, 0.25) is 5.02 Å². The summed E-state index contributed by atoms with van der Waals surface area (Å²) in [4.78, 5) is 19.5. The first-order chi connectivity index (χ1) is 16.4. The first kappa shape index (κ1) is 24.4. The number of methoxy groups -OCH3 is 1. The van der Waals surface area contributed by atoms with Crippen LogP contribution in [0.4, 0.5) is 4.39 Å². The second-order valence-electron chi connectivity index (χ2n) is 8.70. The quantitative estimate of drug-likeness (QED) is 0.522. The van der Waals surface area contributed by atoms with Crippen LogP contribution >= 0.6 is 11.6 Å². The van der Waals surface area contributed by atoms with Gasteiger partial charge in [0.05, 0.1) is 37.5 Å². The number of ether oxygens (including phenoxy) is 2. The molecular formula is C24H28ClFN4O4. The molecule has 182 valence electrons. The molecule has 0 radical (unpaired) electrons. The number of hydrogen-bond donors (Lipinski definition) is 1. The zero-order valence-corrected chi connectivity index (χ0v) is 20.0. The van der Waals surface area contributed by atoms with Crippen molar-refractivity contribution in [1.29, 1.82) is 0 Å². The molecule has 1 fully saturated rings. The highest BCUT2D eigenvalue weighted by Gasteiger charge is 2.39. The Morgan fingerprint density at radius 2 is 2.21 bits per heavy atom. The van der Waals surface area contributed by atoms with Gasteiger partial charge in [-0.15, -0.1) is 0 Å². The molecule has 0 bridgehead atoms. The summed E-state index contributed by atoms with van der Waals surface area (Å²) in [6, 6.07) is 8.52. The number of carbonyl (C=O) groups is 1. The van der Waals surface area contributed by atoms with Crippen LogP contribution in [0.5, 0.6) is 5.75 Å². The molecule has 1 amide bonds. The van der Waals surface area contributed by atoms with Crippen LogP contribution in [-0.4, -0.2) is 75.7 Å². The lowest BCUT2D eigenvalue weighted by atomic mass is 9.97. The minimum atomic E-state index is -0.745. The molecule has 4 rings (SSSR count). The standard InChI is InChI=1S/C24H28ClFN4O4/c1-24(8-9-31)15-29(19(12-26)14-34-24)23(32)17-11-20(33-2)22-27-21(28-30(22)13-17)7-6-16-4-3-5-18(25)10-16/h3-5,10-11,13,19,31H,6-9,12,14-15H2,1-2H3. The smallest absolute Gasteiger partial charge is 0.256 e. The Labute approximate surface area is 202 Å². The number of aliphatic hydroxyl groups excluding tert-OH is 1. The van der Waals surface area contributed by atoms with Gasteiger partial charge in [-0.1, -0.05) is 23.7 Å². The molecule has 1 aliphatic rings. The van der Waals surface area contributed by atoms with Gasteiger partial charge in [0, 0.05) is 30.7 Å². The lowest BCUT2D eigenvalue weighted by molar-refractivity contribution is -0.123. The summed E-state index contributed by atoms with van der Waals surface area (Å²) >= 11 is 6.07. The fourth-order valence-electron chi connectivity index (χ4n) is 4.16. The van der Waals surface area contributed by atoms with Crippen molar-refractivity contribution in [3.8, 4) is 5.75 Å². The summed E-state index contributed by atoms with van der Waals surface area (Å²) in [7, 11) is 1.50. The number of carbonyl (C=O) groups excluding carboxylic acids is 1. The van der Waals surface area contributed by atoms with Gasteiger partial charge in [0.1, 0.15) is 6.67 Å². The van der Waals surface area contributed by atoms with Crippen LogP contribution in [0.15, 0.2) is 36.5 Å². The third-order valence-corrected chi connectivity index (χ3v) is 6.32. The van der Waals surface area contributed by atoms with E-state index in [9.17, 15) is 14.3 Å². The summed E-state index contributed by atoms with van der Waals surface area (Å²) < 4.78 is 26.5. The van der Waals surface area contributed by atoms with E-state index in [0.29, 0.717) is 47.1 Å². The maximum absolute atomic E-state index is 13.7. The predicted octanol–water partition coefficient (Wildman–Crippen LogP) is 3.13. The van der Waals surface area contributed by atoms with Gasteiger partial charge in [-0.3, -0.25) is 4.79 Å². The van der Waals surface area contributed by atoms with E-state index in [2.05, 4.69) is 10.1 Å². The second-order valence-corrected chi connectivity index (χ2v) is 9.14. The molecular weight excluding hydrogens is 463 g/mol. The van der Waals surface area contributed by atoms with E-state index < -0.39 is 18.3 Å². The Balaban J connectivity index is 1.60. The van der Waals surface area contributed by atoms with E-state index in [-0.39, 0.29) is 25.7 Å². The zero-order valence-electron chi connectivity index (χ0n) is 19.2. The molecule has 0 spiro atoms. The van der Waals surface area contributed by atoms with Crippen molar-refractivity contribution in [2.24, 2.45) is 0 Å². The third-order valence-electron chi connectivity index (χ3n) is 6.09. The van der Waals surface area contributed by atoms with Gasteiger partial charge in [0.25, 0.3) is 5.91 Å². The van der Waals surface area contributed by atoms with E-state index in [1.165, 1.54) is 16.5 Å². The molecule has 3 heterocycles. The van der Waals surface area contributed by atoms with Crippen molar-refractivity contribution in [3.05, 3.63) is 58.5 Å². The highest BCUT2D eigenvalue weighted by atomic mass is 35.5. The van der Waals surface area contributed by atoms with Crippen molar-refractivity contribution >= 4 is 23.2 Å². The van der Waals surface area contributed by atoms with Gasteiger partial charge in [-0.25, -0.2) is 13.9 Å². The van der Waals surface area contributed by atoms with Gasteiger partial charge in [0.2, 0.25) is 0 Å². The summed E-state index contributed by atoms with van der Waals surface area (Å²) in [6.07, 6.45) is 3.23. The van der Waals surface area contributed by atoms with Gasteiger partial charge < -0.3 is 19.5 Å². The topological polar surface area (TPSA) is 89.2 Å². The Kier molecular flexibility index (Phi) is 7.35. The van der Waals surface area contributed by atoms with E-state index in [1.807, 2.05) is 31.2 Å². The van der Waals surface area contributed by atoms with E-state index >= 15 is 0 Å². The lowest BCUT2D eigenvalue weighted by Crippen LogP contribution is -2.58. The highest BCUT2D eigenvalue weighted by molar-refractivity contribution is 6.30. The Hall–Kier alpha value is -2.75. The number of nitrogens with zero attached hydrogens (tertiary/aromatic N) is 4. The third kappa shape index (κ3) is 5.16. The second kappa shape index (κ2) is 10.2. The summed E-state index contributed by atoms with van der Waals surface area (Å²) in [6.45, 7) is 1.23. The molecule has 2 aromatic heterocycles. The van der Waals surface area contributed by atoms with Gasteiger partial charge in [-0.05, 0) is 37.1 Å². The summed E-state index contributed by atoms with van der Waals surface area (Å²) in [5.41, 5.74) is 1.13. The maximum Gasteiger partial charge on any atom is 0.256 e. The first-order valence-corrected chi connectivity index (χ1v) is 11.5. The van der Waals surface area contributed by atoms with Crippen molar-refractivity contribution in [1.82, 2.24) is 19.5 Å². The van der Waals surface area contributed by atoms with E-state index in [0.717, 1.165) is 5.56 Å². The fraction of sp³-hybridized carbons (Fsp3) is 0.458. The SMILES string of the molecule is COc1cc(C(=O)N2CC(C)(CCO)OCC2CF)cn2nc(CCc3cccc(Cl)c3)nc12.